The van der Waals surface area contributed by atoms with Crippen LogP contribution in [0.25, 0.3) is 10.9 Å². The smallest absolute Gasteiger partial charge is 0.258 e. The molecule has 0 aliphatic heterocycles. The van der Waals surface area contributed by atoms with E-state index in [1.807, 2.05) is 37.3 Å². The van der Waals surface area contributed by atoms with Gasteiger partial charge in [0.2, 0.25) is 5.91 Å². The molecule has 3 rings (SSSR count). The van der Waals surface area contributed by atoms with Crippen LogP contribution in [-0.4, -0.2) is 35.6 Å². The van der Waals surface area contributed by atoms with Gasteiger partial charge in [0, 0.05) is 24.7 Å². The Morgan fingerprint density at radius 3 is 2.82 bits per heavy atom. The first-order valence-corrected chi connectivity index (χ1v) is 9.27. The van der Waals surface area contributed by atoms with Crippen molar-refractivity contribution in [3.63, 3.8) is 0 Å². The number of H-pyrrole nitrogens is 1. The Bertz CT molecular complexity index is 1020. The van der Waals surface area contributed by atoms with Crippen molar-refractivity contribution in [2.24, 2.45) is 0 Å². The summed E-state index contributed by atoms with van der Waals surface area (Å²) in [4.78, 5) is 31.8. The Labute approximate surface area is 163 Å². The average Bonchev–Trinajstić information content (AvgIpc) is 2.72. The van der Waals surface area contributed by atoms with Crippen LogP contribution in [0.5, 0.6) is 5.75 Å². The van der Waals surface area contributed by atoms with Crippen LogP contribution < -0.4 is 20.9 Å². The number of nitrogens with one attached hydrogen (secondary N) is 3. The fourth-order valence-electron chi connectivity index (χ4n) is 2.95. The molecular weight excluding hydrogens is 356 g/mol. The monoisotopic (exact) mass is 380 g/mol. The number of hydrogen-bond acceptors (Lipinski definition) is 5. The molecule has 1 heterocycles. The first kappa shape index (κ1) is 19.4. The zero-order valence-electron chi connectivity index (χ0n) is 16.0. The Kier molecular flexibility index (Phi) is 6.26. The zero-order chi connectivity index (χ0) is 19.9. The van der Waals surface area contributed by atoms with Crippen molar-refractivity contribution in [1.29, 1.82) is 0 Å². The van der Waals surface area contributed by atoms with E-state index in [1.165, 1.54) is 0 Å². The summed E-state index contributed by atoms with van der Waals surface area (Å²) >= 11 is 0. The molecule has 1 amide bonds. The van der Waals surface area contributed by atoms with Gasteiger partial charge in [0.15, 0.2) is 0 Å². The number of fused-ring (bicyclic) bond motifs is 1. The van der Waals surface area contributed by atoms with Crippen molar-refractivity contribution in [1.82, 2.24) is 15.3 Å². The minimum Gasteiger partial charge on any atom is -0.497 e. The van der Waals surface area contributed by atoms with E-state index in [9.17, 15) is 9.59 Å². The Morgan fingerprint density at radius 2 is 2.04 bits per heavy atom. The summed E-state index contributed by atoms with van der Waals surface area (Å²) in [5.41, 5.74) is 1.30. The van der Waals surface area contributed by atoms with Gasteiger partial charge in [-0.15, -0.1) is 0 Å². The lowest BCUT2D eigenvalue weighted by molar-refractivity contribution is -0.121. The van der Waals surface area contributed by atoms with Crippen molar-refractivity contribution in [2.45, 2.75) is 25.8 Å². The molecule has 0 aliphatic rings. The molecule has 7 nitrogen and oxygen atoms in total. The molecule has 1 atom stereocenters. The van der Waals surface area contributed by atoms with E-state index in [-0.39, 0.29) is 17.5 Å². The molecule has 0 saturated carbocycles. The molecule has 0 saturated heterocycles. The highest BCUT2D eigenvalue weighted by Gasteiger charge is 2.16. The molecule has 0 radical (unpaired) electrons. The Morgan fingerprint density at radius 1 is 1.21 bits per heavy atom. The number of methoxy groups -OCH3 is 1. The summed E-state index contributed by atoms with van der Waals surface area (Å²) in [6.45, 7) is 2.33. The number of rotatable bonds is 8. The lowest BCUT2D eigenvalue weighted by Crippen LogP contribution is -2.40. The number of ether oxygens (including phenoxy) is 1. The van der Waals surface area contributed by atoms with E-state index >= 15 is 0 Å². The molecule has 28 heavy (non-hydrogen) atoms. The molecule has 0 unspecified atom stereocenters. The number of benzene rings is 2. The van der Waals surface area contributed by atoms with E-state index in [1.54, 1.807) is 25.3 Å². The van der Waals surface area contributed by atoms with Gasteiger partial charge in [-0.3, -0.25) is 9.59 Å². The predicted molar refractivity (Wildman–Crippen MR) is 110 cm³/mol. The summed E-state index contributed by atoms with van der Waals surface area (Å²) in [6, 6.07) is 14.3. The van der Waals surface area contributed by atoms with Gasteiger partial charge in [0.05, 0.1) is 18.0 Å². The van der Waals surface area contributed by atoms with Crippen LogP contribution in [0.3, 0.4) is 0 Å². The first-order chi connectivity index (χ1) is 13.6. The molecule has 7 heteroatoms. The van der Waals surface area contributed by atoms with Crippen LogP contribution in [0.4, 0.5) is 5.69 Å². The van der Waals surface area contributed by atoms with Crippen LogP contribution in [-0.2, 0) is 11.2 Å². The maximum Gasteiger partial charge on any atom is 0.258 e. The van der Waals surface area contributed by atoms with Gasteiger partial charge >= 0.3 is 0 Å². The van der Waals surface area contributed by atoms with Crippen LogP contribution in [0, 0.1) is 0 Å². The number of amides is 1. The van der Waals surface area contributed by atoms with Crippen LogP contribution >= 0.6 is 0 Å². The summed E-state index contributed by atoms with van der Waals surface area (Å²) < 4.78 is 5.21. The third-order valence-electron chi connectivity index (χ3n) is 4.46. The molecule has 146 valence electrons. The standard InChI is InChI=1S/C21H24N4O3/c1-3-17(23-14-7-6-8-15(13-14)28-2)21(27)22-12-11-19-24-18-10-5-4-9-16(18)20(26)25-19/h4-10,13,17,23H,3,11-12H2,1-2H3,(H,22,27)(H,24,25,26)/t17-/m1/s1. The van der Waals surface area contributed by atoms with Crippen molar-refractivity contribution >= 4 is 22.5 Å². The molecule has 3 N–H and O–H groups in total. The highest BCUT2D eigenvalue weighted by atomic mass is 16.5. The Balaban J connectivity index is 1.58. The lowest BCUT2D eigenvalue weighted by atomic mass is 10.2. The molecule has 1 aromatic heterocycles. The second kappa shape index (κ2) is 9.03. The van der Waals surface area contributed by atoms with Crippen molar-refractivity contribution in [3.05, 3.63) is 64.7 Å². The van der Waals surface area contributed by atoms with Crippen molar-refractivity contribution in [2.75, 3.05) is 19.0 Å². The minimum absolute atomic E-state index is 0.103. The highest BCUT2D eigenvalue weighted by Crippen LogP contribution is 2.18. The summed E-state index contributed by atoms with van der Waals surface area (Å²) in [5, 5.41) is 6.68. The normalized spacial score (nSPS) is 11.8. The van der Waals surface area contributed by atoms with Crippen LogP contribution in [0.1, 0.15) is 19.2 Å². The summed E-state index contributed by atoms with van der Waals surface area (Å²) in [7, 11) is 1.61. The van der Waals surface area contributed by atoms with E-state index in [4.69, 9.17) is 4.74 Å². The van der Waals surface area contributed by atoms with Gasteiger partial charge in [-0.1, -0.05) is 25.1 Å². The second-order valence-corrected chi connectivity index (χ2v) is 6.41. The van der Waals surface area contributed by atoms with Gasteiger partial charge in [-0.25, -0.2) is 4.98 Å². The number of anilines is 1. The molecule has 3 aromatic rings. The number of para-hydroxylation sites is 1. The summed E-state index contributed by atoms with van der Waals surface area (Å²) in [6.07, 6.45) is 1.08. The third-order valence-corrected chi connectivity index (χ3v) is 4.46. The molecule has 0 spiro atoms. The zero-order valence-corrected chi connectivity index (χ0v) is 16.0. The first-order valence-electron chi connectivity index (χ1n) is 9.27. The molecular formula is C21H24N4O3. The third kappa shape index (κ3) is 4.68. The maximum atomic E-state index is 12.5. The number of carbonyl (C=O) groups is 1. The topological polar surface area (TPSA) is 96.1 Å². The van der Waals surface area contributed by atoms with Gasteiger partial charge in [0.25, 0.3) is 5.56 Å². The van der Waals surface area contributed by atoms with Crippen LogP contribution in [0.15, 0.2) is 53.3 Å². The average molecular weight is 380 g/mol. The second-order valence-electron chi connectivity index (χ2n) is 6.41. The van der Waals surface area contributed by atoms with Crippen molar-refractivity contribution in [3.8, 4) is 5.75 Å². The highest BCUT2D eigenvalue weighted by molar-refractivity contribution is 5.84. The predicted octanol–water partition coefficient (Wildman–Crippen LogP) is 2.48. The fraction of sp³-hybridized carbons (Fsp3) is 0.286. The van der Waals surface area contributed by atoms with E-state index in [0.29, 0.717) is 36.1 Å². The van der Waals surface area contributed by atoms with Crippen LogP contribution in [0.2, 0.25) is 0 Å². The quantitative estimate of drug-likeness (QED) is 0.558. The minimum atomic E-state index is -0.365. The number of carbonyl (C=O) groups excluding carboxylic acids is 1. The van der Waals surface area contributed by atoms with Gasteiger partial charge in [-0.2, -0.15) is 0 Å². The maximum absolute atomic E-state index is 12.5. The number of hydrogen-bond donors (Lipinski definition) is 3. The van der Waals surface area contributed by atoms with E-state index in [2.05, 4.69) is 20.6 Å². The van der Waals surface area contributed by atoms with Crippen molar-refractivity contribution < 1.29 is 9.53 Å². The van der Waals surface area contributed by atoms with Gasteiger partial charge < -0.3 is 20.4 Å². The van der Waals surface area contributed by atoms with E-state index in [0.717, 1.165) is 11.4 Å². The van der Waals surface area contributed by atoms with E-state index < -0.39 is 0 Å². The van der Waals surface area contributed by atoms with Gasteiger partial charge in [0.1, 0.15) is 17.6 Å². The summed E-state index contributed by atoms with van der Waals surface area (Å²) in [5.74, 6) is 1.18. The largest absolute Gasteiger partial charge is 0.497 e. The number of nitrogens with zero attached hydrogens (tertiary/aromatic N) is 1. The molecule has 0 aliphatic carbocycles. The Hall–Kier alpha value is -3.35. The lowest BCUT2D eigenvalue weighted by Gasteiger charge is -2.18. The number of aromatic amines is 1. The van der Waals surface area contributed by atoms with Gasteiger partial charge in [-0.05, 0) is 30.7 Å². The molecule has 0 fully saturated rings. The molecule has 0 bridgehead atoms. The molecule has 2 aromatic carbocycles. The fourth-order valence-corrected chi connectivity index (χ4v) is 2.95. The SMILES string of the molecule is CC[C@@H](Nc1cccc(OC)c1)C(=O)NCCc1nc2ccccc2c(=O)[nH]1. The number of aromatic nitrogens is 2.